The molecule has 8 nitrogen and oxygen atoms in total. The molecule has 106 heavy (non-hydrogen) atoms. The molecule has 0 saturated heterocycles. The third kappa shape index (κ3) is 9.04. The van der Waals surface area contributed by atoms with E-state index in [0.29, 0.717) is 0 Å². The number of benzene rings is 16. The fraction of sp³-hybridized carbons (Fsp3) is 0. The summed E-state index contributed by atoms with van der Waals surface area (Å²) >= 11 is 0. The largest absolute Gasteiger partial charge is 0.458 e. The Labute approximate surface area is 614 Å². The van der Waals surface area contributed by atoms with Gasteiger partial charge in [0.25, 0.3) is 13.4 Å². The summed E-state index contributed by atoms with van der Waals surface area (Å²) in [6, 6.07) is 138. The van der Waals surface area contributed by atoms with E-state index < -0.39 is 0 Å². The summed E-state index contributed by atoms with van der Waals surface area (Å²) in [5.41, 5.74) is 29.6. The summed E-state index contributed by atoms with van der Waals surface area (Å²) in [6.07, 6.45) is 0. The van der Waals surface area contributed by atoms with E-state index in [0.717, 1.165) is 158 Å². The van der Waals surface area contributed by atoms with E-state index in [9.17, 15) is 0 Å². The fourth-order valence-corrected chi connectivity index (χ4v) is 17.8. The summed E-state index contributed by atoms with van der Waals surface area (Å²) in [5, 5.41) is 4.56. The van der Waals surface area contributed by atoms with Gasteiger partial charge < -0.3 is 38.2 Å². The number of hydrogen-bond donors (Lipinski definition) is 0. The van der Waals surface area contributed by atoms with Crippen LogP contribution in [-0.2, 0) is 0 Å². The highest BCUT2D eigenvalue weighted by molar-refractivity contribution is 7.02. The summed E-state index contributed by atoms with van der Waals surface area (Å²) in [5.74, 6) is 1.64. The molecule has 4 aliphatic heterocycles. The van der Waals surface area contributed by atoms with Gasteiger partial charge in [-0.15, -0.1) is 0 Å². The van der Waals surface area contributed by atoms with Crippen LogP contribution < -0.4 is 62.0 Å². The van der Waals surface area contributed by atoms with Crippen LogP contribution in [0.15, 0.2) is 381 Å². The molecule has 0 atom stereocenters. The van der Waals surface area contributed by atoms with Crippen molar-refractivity contribution >= 4 is 175 Å². The van der Waals surface area contributed by atoms with Crippen molar-refractivity contribution in [1.82, 2.24) is 4.57 Å². The average Bonchev–Trinajstić information content (AvgIpc) is 0.850. The molecule has 6 heterocycles. The lowest BCUT2D eigenvalue weighted by molar-refractivity contribution is 0.487. The number of ether oxygens (including phenoxy) is 1. The number of nitrogens with zero attached hydrogens (tertiary/aromatic N) is 6. The molecule has 18 aromatic rings. The van der Waals surface area contributed by atoms with Crippen LogP contribution in [0.2, 0.25) is 0 Å². The maximum atomic E-state index is 7.50. The van der Waals surface area contributed by atoms with Crippen LogP contribution in [0.5, 0.6) is 11.5 Å². The normalized spacial score (nSPS) is 12.9. The molecule has 10 heteroatoms. The molecule has 0 amide bonds. The van der Waals surface area contributed by atoms with Crippen LogP contribution in [0.1, 0.15) is 0 Å². The molecule has 22 rings (SSSR count). The second kappa shape index (κ2) is 23.8. The van der Waals surface area contributed by atoms with Crippen molar-refractivity contribution in [1.29, 1.82) is 0 Å². The molecule has 4 aliphatic rings. The molecular formula is C96H62B2N6O2. The minimum Gasteiger partial charge on any atom is -0.458 e. The number of hydrogen-bond acceptors (Lipinski definition) is 7. The van der Waals surface area contributed by atoms with Crippen molar-refractivity contribution in [2.24, 2.45) is 0 Å². The number of furan rings is 1. The lowest BCUT2D eigenvalue weighted by Crippen LogP contribution is -2.64. The van der Waals surface area contributed by atoms with Gasteiger partial charge in [0, 0.05) is 101 Å². The van der Waals surface area contributed by atoms with Gasteiger partial charge in [-0.2, -0.15) is 0 Å². The van der Waals surface area contributed by atoms with Gasteiger partial charge in [0.2, 0.25) is 0 Å². The van der Waals surface area contributed by atoms with Crippen molar-refractivity contribution in [3.63, 3.8) is 0 Å². The Hall–Kier alpha value is -14.0. The minimum absolute atomic E-state index is 0.273. The van der Waals surface area contributed by atoms with Crippen LogP contribution in [0, 0.1) is 0 Å². The number of fused-ring (bicyclic) bond motifs is 14. The lowest BCUT2D eigenvalue weighted by atomic mass is 9.30. The molecule has 16 aromatic carbocycles. The first kappa shape index (κ1) is 59.7. The van der Waals surface area contributed by atoms with Crippen LogP contribution in [0.25, 0.3) is 60.6 Å². The number of rotatable bonds is 11. The zero-order chi connectivity index (χ0) is 69.5. The van der Waals surface area contributed by atoms with Gasteiger partial charge >= 0.3 is 0 Å². The zero-order valence-corrected chi connectivity index (χ0v) is 57.5. The molecule has 2 aromatic heterocycles. The second-order valence-electron chi connectivity index (χ2n) is 27.8. The lowest BCUT2D eigenvalue weighted by Gasteiger charge is -2.47. The molecular weight excluding hydrogens is 1290 g/mol. The molecule has 0 saturated carbocycles. The van der Waals surface area contributed by atoms with Crippen LogP contribution in [0.4, 0.5) is 85.3 Å². The molecule has 0 radical (unpaired) electrons. The van der Waals surface area contributed by atoms with E-state index in [1.807, 2.05) is 0 Å². The van der Waals surface area contributed by atoms with Crippen LogP contribution >= 0.6 is 0 Å². The summed E-state index contributed by atoms with van der Waals surface area (Å²) in [6.45, 7) is -0.550. The van der Waals surface area contributed by atoms with Gasteiger partial charge in [-0.05, 0) is 166 Å². The van der Waals surface area contributed by atoms with E-state index in [2.05, 4.69) is 405 Å². The Bertz CT molecular complexity index is 6430. The summed E-state index contributed by atoms with van der Waals surface area (Å²) in [4.78, 5) is 12.5. The van der Waals surface area contributed by atoms with Crippen molar-refractivity contribution in [3.05, 3.63) is 376 Å². The Morgan fingerprint density at radius 2 is 0.689 bits per heavy atom. The smallest absolute Gasteiger partial charge is 0.256 e. The van der Waals surface area contributed by atoms with Gasteiger partial charge in [-0.1, -0.05) is 237 Å². The van der Waals surface area contributed by atoms with E-state index >= 15 is 0 Å². The van der Waals surface area contributed by atoms with Crippen molar-refractivity contribution in [3.8, 4) is 28.3 Å². The standard InChI is InChI=1S/C96H62B2N6O2/c1-6-31-63(32-7-1)99(64-33-8-2-9-34-64)68-57-88-94-89(58-68)103(82-51-24-18-43-72(82)74-45-30-46-75-73-44-19-28-55-91(73)106-96(74)75)83-52-25-20-47-76(83)97(94)78-61-79-87(62-86(78)101(88)67-39-14-5-15-40-67)104(85-54-27-26-53-84(85)102-80-49-22-16-41-70(80)71-42-17-23-50-81(71)102)90-59-69(60-93-95(90)98(79)77-48-21-29-56-92(77)105-93)100(65-35-10-3-11-36-65)66-37-12-4-13-38-66/h1-62H. The third-order valence-corrected chi connectivity index (χ3v) is 22.1. The first-order chi connectivity index (χ1) is 52.6. The first-order valence-electron chi connectivity index (χ1n) is 36.4. The summed E-state index contributed by atoms with van der Waals surface area (Å²) < 4.78 is 16.9. The zero-order valence-electron chi connectivity index (χ0n) is 57.5. The van der Waals surface area contributed by atoms with Gasteiger partial charge in [0.1, 0.15) is 22.7 Å². The van der Waals surface area contributed by atoms with E-state index in [-0.39, 0.29) is 13.4 Å². The maximum Gasteiger partial charge on any atom is 0.256 e. The molecule has 0 aliphatic carbocycles. The number of aromatic nitrogens is 1. The SMILES string of the molecule is c1ccc(N(c2ccccc2)c2cc3c4c(c2)N(c2ccccc2-n2c5ccccc5c5ccccc52)c2cc5c(cc2B4c2ccccc2O3)B2c3ccccc3N(c3ccccc3-c3cccc4c3oc3ccccc34)c3cc(N(c4ccccc4)c4ccccc4)cc(c32)N5c2ccccc2)cc1. The maximum absolute atomic E-state index is 7.50. The second-order valence-corrected chi connectivity index (χ2v) is 27.8. The van der Waals surface area contributed by atoms with Gasteiger partial charge in [0.05, 0.1) is 39.5 Å². The van der Waals surface area contributed by atoms with E-state index in [1.54, 1.807) is 0 Å². The Morgan fingerprint density at radius 3 is 1.33 bits per heavy atom. The van der Waals surface area contributed by atoms with Crippen LogP contribution in [0.3, 0.4) is 0 Å². The predicted octanol–water partition coefficient (Wildman–Crippen LogP) is 21.8. The van der Waals surface area contributed by atoms with Gasteiger partial charge in [-0.25, -0.2) is 0 Å². The van der Waals surface area contributed by atoms with Crippen molar-refractivity contribution in [2.45, 2.75) is 0 Å². The van der Waals surface area contributed by atoms with Gasteiger partial charge in [0.15, 0.2) is 0 Å². The van der Waals surface area contributed by atoms with Gasteiger partial charge in [-0.3, -0.25) is 0 Å². The minimum atomic E-state index is -0.276. The number of para-hydroxylation sites is 14. The fourth-order valence-electron chi connectivity index (χ4n) is 17.8. The number of anilines is 15. The molecule has 0 unspecified atom stereocenters. The molecule has 0 spiro atoms. The Kier molecular flexibility index (Phi) is 13.4. The highest BCUT2D eigenvalue weighted by Gasteiger charge is 2.49. The average molecular weight is 1350 g/mol. The Morgan fingerprint density at radius 1 is 0.245 bits per heavy atom. The topological polar surface area (TPSA) is 43.5 Å². The molecule has 0 fully saturated rings. The third-order valence-electron chi connectivity index (χ3n) is 22.1. The van der Waals surface area contributed by atoms with Crippen molar-refractivity contribution in [2.75, 3.05) is 24.5 Å². The quantitative estimate of drug-likeness (QED) is 0.120. The van der Waals surface area contributed by atoms with E-state index in [4.69, 9.17) is 9.15 Å². The van der Waals surface area contributed by atoms with Crippen molar-refractivity contribution < 1.29 is 9.15 Å². The molecule has 0 bridgehead atoms. The molecule has 494 valence electrons. The predicted molar refractivity (Wildman–Crippen MR) is 443 cm³/mol. The molecule has 0 N–H and O–H groups in total. The first-order valence-corrected chi connectivity index (χ1v) is 36.4. The summed E-state index contributed by atoms with van der Waals surface area (Å²) in [7, 11) is 0. The van der Waals surface area contributed by atoms with E-state index in [1.165, 1.54) is 32.6 Å². The highest BCUT2D eigenvalue weighted by atomic mass is 16.5. The Balaban J connectivity index is 0.863. The monoisotopic (exact) mass is 1350 g/mol. The van der Waals surface area contributed by atoms with Crippen LogP contribution in [-0.4, -0.2) is 18.0 Å². The highest BCUT2D eigenvalue weighted by Crippen LogP contribution is 2.54.